The summed E-state index contributed by atoms with van der Waals surface area (Å²) in [6.07, 6.45) is 1.80. The number of rotatable bonds is 3. The lowest BCUT2D eigenvalue weighted by atomic mass is 10.2. The average molecular weight is 343 g/mol. The predicted octanol–water partition coefficient (Wildman–Crippen LogP) is 4.57. The monoisotopic (exact) mass is 342 g/mol. The third-order valence-electron chi connectivity index (χ3n) is 3.81. The van der Waals surface area contributed by atoms with Gasteiger partial charge in [-0.25, -0.2) is 9.37 Å². The molecule has 0 fully saturated rings. The van der Waals surface area contributed by atoms with Gasteiger partial charge in [0.15, 0.2) is 0 Å². The van der Waals surface area contributed by atoms with Crippen LogP contribution in [0.1, 0.15) is 6.92 Å². The van der Waals surface area contributed by atoms with E-state index in [9.17, 15) is 4.39 Å². The molecule has 0 radical (unpaired) electrons. The minimum absolute atomic E-state index is 0.0128. The number of nitrogens with zero attached hydrogens (tertiary/aromatic N) is 4. The first-order valence-corrected chi connectivity index (χ1v) is 7.78. The largest absolute Gasteiger partial charge is 0.334 e. The summed E-state index contributed by atoms with van der Waals surface area (Å²) in [5, 5.41) is 4.00. The summed E-state index contributed by atoms with van der Waals surface area (Å²) in [4.78, 5) is 8.74. The minimum Gasteiger partial charge on any atom is -0.334 e. The van der Waals surface area contributed by atoms with E-state index in [1.54, 1.807) is 12.4 Å². The SMILES string of the molecule is CCn1cnc2cc(-c3noc(-c4ccc(F)c(Cl)c4)n3)ccc21. The summed E-state index contributed by atoms with van der Waals surface area (Å²) >= 11 is 5.79. The number of hydrogen-bond donors (Lipinski definition) is 0. The van der Waals surface area contributed by atoms with Crippen molar-refractivity contribution < 1.29 is 8.91 Å². The first kappa shape index (κ1) is 14.8. The van der Waals surface area contributed by atoms with Crippen LogP contribution in [0.3, 0.4) is 0 Å². The molecule has 4 rings (SSSR count). The summed E-state index contributed by atoms with van der Waals surface area (Å²) in [5.41, 5.74) is 3.28. The van der Waals surface area contributed by atoms with Gasteiger partial charge in [-0.1, -0.05) is 16.8 Å². The van der Waals surface area contributed by atoms with Crippen LogP contribution in [0.25, 0.3) is 33.9 Å². The Morgan fingerprint density at radius 1 is 1.17 bits per heavy atom. The lowest BCUT2D eigenvalue weighted by Crippen LogP contribution is -1.90. The summed E-state index contributed by atoms with van der Waals surface area (Å²) in [5.74, 6) is 0.238. The quantitative estimate of drug-likeness (QED) is 0.547. The van der Waals surface area contributed by atoms with Gasteiger partial charge < -0.3 is 9.09 Å². The van der Waals surface area contributed by atoms with Crippen LogP contribution in [-0.4, -0.2) is 19.7 Å². The number of benzene rings is 2. The number of aromatic nitrogens is 4. The fourth-order valence-corrected chi connectivity index (χ4v) is 2.72. The van der Waals surface area contributed by atoms with Crippen molar-refractivity contribution in [2.45, 2.75) is 13.5 Å². The summed E-state index contributed by atoms with van der Waals surface area (Å²) < 4.78 is 20.6. The van der Waals surface area contributed by atoms with E-state index >= 15 is 0 Å². The molecule has 0 unspecified atom stereocenters. The second kappa shape index (κ2) is 5.72. The van der Waals surface area contributed by atoms with Crippen LogP contribution >= 0.6 is 11.6 Å². The van der Waals surface area contributed by atoms with E-state index in [1.807, 2.05) is 18.2 Å². The maximum atomic E-state index is 13.3. The van der Waals surface area contributed by atoms with Crippen LogP contribution in [0.5, 0.6) is 0 Å². The summed E-state index contributed by atoms with van der Waals surface area (Å²) in [7, 11) is 0. The van der Waals surface area contributed by atoms with E-state index in [-0.39, 0.29) is 10.9 Å². The van der Waals surface area contributed by atoms with Gasteiger partial charge >= 0.3 is 0 Å². The lowest BCUT2D eigenvalue weighted by molar-refractivity contribution is 0.432. The van der Waals surface area contributed by atoms with Crippen molar-refractivity contribution in [2.75, 3.05) is 0 Å². The molecule has 0 aliphatic heterocycles. The highest BCUT2D eigenvalue weighted by Crippen LogP contribution is 2.27. The number of halogens is 2. The van der Waals surface area contributed by atoms with Gasteiger partial charge in [-0.05, 0) is 43.3 Å². The minimum atomic E-state index is -0.489. The first-order chi connectivity index (χ1) is 11.7. The van der Waals surface area contributed by atoms with Gasteiger partial charge in [0, 0.05) is 17.7 Å². The highest BCUT2D eigenvalue weighted by atomic mass is 35.5. The molecule has 0 saturated heterocycles. The van der Waals surface area contributed by atoms with Gasteiger partial charge in [0.05, 0.1) is 22.4 Å². The van der Waals surface area contributed by atoms with Gasteiger partial charge in [-0.3, -0.25) is 0 Å². The average Bonchev–Trinajstić information content (AvgIpc) is 3.23. The van der Waals surface area contributed by atoms with Crippen LogP contribution in [0.4, 0.5) is 4.39 Å². The molecule has 5 nitrogen and oxygen atoms in total. The van der Waals surface area contributed by atoms with Crippen molar-refractivity contribution in [2.24, 2.45) is 0 Å². The molecule has 0 bridgehead atoms. The van der Waals surface area contributed by atoms with Crippen molar-refractivity contribution in [1.82, 2.24) is 19.7 Å². The van der Waals surface area contributed by atoms with E-state index in [4.69, 9.17) is 16.1 Å². The molecule has 0 aliphatic rings. The molecular weight excluding hydrogens is 331 g/mol. The highest BCUT2D eigenvalue weighted by Gasteiger charge is 2.13. The Morgan fingerprint density at radius 2 is 2.00 bits per heavy atom. The van der Waals surface area contributed by atoms with E-state index in [1.165, 1.54) is 12.1 Å². The molecule has 0 saturated carbocycles. The summed E-state index contributed by atoms with van der Waals surface area (Å²) in [6.45, 7) is 2.92. The Labute approximate surface area is 141 Å². The maximum absolute atomic E-state index is 13.3. The van der Waals surface area contributed by atoms with Crippen LogP contribution in [0.2, 0.25) is 5.02 Å². The van der Waals surface area contributed by atoms with Crippen LogP contribution in [0, 0.1) is 5.82 Å². The number of aryl methyl sites for hydroxylation is 1. The molecule has 2 aromatic carbocycles. The zero-order valence-electron chi connectivity index (χ0n) is 12.7. The van der Waals surface area contributed by atoms with Crippen LogP contribution < -0.4 is 0 Å². The van der Waals surface area contributed by atoms with E-state index in [0.29, 0.717) is 11.4 Å². The van der Waals surface area contributed by atoms with Gasteiger partial charge in [0.1, 0.15) is 5.82 Å². The molecule has 0 amide bonds. The Morgan fingerprint density at radius 3 is 2.79 bits per heavy atom. The van der Waals surface area contributed by atoms with Gasteiger partial charge in [-0.2, -0.15) is 4.98 Å². The van der Waals surface area contributed by atoms with Crippen LogP contribution in [0.15, 0.2) is 47.2 Å². The first-order valence-electron chi connectivity index (χ1n) is 7.40. The normalized spacial score (nSPS) is 11.3. The summed E-state index contributed by atoms with van der Waals surface area (Å²) in [6, 6.07) is 10.1. The molecule has 0 atom stereocenters. The zero-order valence-corrected chi connectivity index (χ0v) is 13.5. The Hall–Kier alpha value is -2.73. The molecule has 2 aromatic heterocycles. The molecule has 2 heterocycles. The van der Waals surface area contributed by atoms with Crippen molar-refractivity contribution in [3.05, 3.63) is 53.6 Å². The molecule has 4 aromatic rings. The Kier molecular flexibility index (Phi) is 3.54. The Bertz CT molecular complexity index is 1040. The van der Waals surface area contributed by atoms with Gasteiger partial charge in [0.2, 0.25) is 5.82 Å². The fraction of sp³-hybridized carbons (Fsp3) is 0.118. The zero-order chi connectivity index (χ0) is 16.7. The molecular formula is C17H12ClFN4O. The van der Waals surface area contributed by atoms with Crippen molar-refractivity contribution >= 4 is 22.6 Å². The fourth-order valence-electron chi connectivity index (χ4n) is 2.54. The third-order valence-corrected chi connectivity index (χ3v) is 4.10. The number of imidazole rings is 1. The van der Waals surface area contributed by atoms with Gasteiger partial charge in [0.25, 0.3) is 5.89 Å². The molecule has 0 N–H and O–H groups in total. The van der Waals surface area contributed by atoms with Crippen molar-refractivity contribution in [3.8, 4) is 22.8 Å². The van der Waals surface area contributed by atoms with Crippen molar-refractivity contribution in [1.29, 1.82) is 0 Å². The van der Waals surface area contributed by atoms with Crippen LogP contribution in [-0.2, 0) is 6.54 Å². The topological polar surface area (TPSA) is 56.7 Å². The van der Waals surface area contributed by atoms with Gasteiger partial charge in [-0.15, -0.1) is 0 Å². The Balaban J connectivity index is 1.73. The molecule has 120 valence electrons. The standard InChI is InChI=1S/C17H12ClFN4O/c1-2-23-9-20-14-8-10(4-6-15(14)23)16-21-17(24-22-16)11-3-5-13(19)12(18)7-11/h3-9H,2H2,1H3. The second-order valence-electron chi connectivity index (χ2n) is 5.29. The lowest BCUT2D eigenvalue weighted by Gasteiger charge is -1.99. The predicted molar refractivity (Wildman–Crippen MR) is 89.1 cm³/mol. The third kappa shape index (κ3) is 2.45. The van der Waals surface area contributed by atoms with E-state index in [2.05, 4.69) is 26.6 Å². The smallest absolute Gasteiger partial charge is 0.258 e. The molecule has 0 spiro atoms. The second-order valence-corrected chi connectivity index (χ2v) is 5.69. The van der Waals surface area contributed by atoms with E-state index < -0.39 is 5.82 Å². The molecule has 0 aliphatic carbocycles. The molecule has 24 heavy (non-hydrogen) atoms. The number of fused-ring (bicyclic) bond motifs is 1. The number of hydrogen-bond acceptors (Lipinski definition) is 4. The molecule has 7 heteroatoms. The maximum Gasteiger partial charge on any atom is 0.258 e. The van der Waals surface area contributed by atoms with E-state index in [0.717, 1.165) is 23.1 Å². The highest BCUT2D eigenvalue weighted by molar-refractivity contribution is 6.31. The van der Waals surface area contributed by atoms with Crippen molar-refractivity contribution in [3.63, 3.8) is 0 Å².